The molecule has 0 unspecified atom stereocenters. The molecule has 1 amide bonds. The predicted molar refractivity (Wildman–Crippen MR) is 98.0 cm³/mol. The van der Waals surface area contributed by atoms with Crippen LogP contribution in [0.2, 0.25) is 5.02 Å². The van der Waals surface area contributed by atoms with E-state index in [1.54, 1.807) is 12.1 Å². The Morgan fingerprint density at radius 3 is 2.92 bits per heavy atom. The van der Waals surface area contributed by atoms with E-state index in [1.165, 1.54) is 31.2 Å². The largest absolute Gasteiger partial charge is 0.504 e. The van der Waals surface area contributed by atoms with Crippen LogP contribution in [0, 0.1) is 0 Å². The first kappa shape index (κ1) is 18.2. The molecule has 0 aliphatic carbocycles. The van der Waals surface area contributed by atoms with Crippen LogP contribution in [0.5, 0.6) is 11.5 Å². The normalized spacial score (nSPS) is 10.8. The van der Waals surface area contributed by atoms with Crippen molar-refractivity contribution in [3.05, 3.63) is 58.6 Å². The molecule has 24 heavy (non-hydrogen) atoms. The van der Waals surface area contributed by atoms with Gasteiger partial charge in [-0.2, -0.15) is 5.10 Å². The monoisotopic (exact) mass is 364 g/mol. The van der Waals surface area contributed by atoms with Gasteiger partial charge in [-0.25, -0.2) is 5.43 Å². The summed E-state index contributed by atoms with van der Waals surface area (Å²) in [6.07, 6.45) is 1.48. The highest BCUT2D eigenvalue weighted by atomic mass is 35.5. The number of hydrazone groups is 1. The predicted octanol–water partition coefficient (Wildman–Crippen LogP) is 3.44. The fourth-order valence-electron chi connectivity index (χ4n) is 1.85. The number of amides is 1. The summed E-state index contributed by atoms with van der Waals surface area (Å²) in [4.78, 5) is 11.7. The Morgan fingerprint density at radius 2 is 2.17 bits per heavy atom. The first-order valence-electron chi connectivity index (χ1n) is 7.10. The lowest BCUT2D eigenvalue weighted by molar-refractivity contribution is -0.118. The van der Waals surface area contributed by atoms with Gasteiger partial charge in [0.05, 0.1) is 19.1 Å². The van der Waals surface area contributed by atoms with E-state index in [4.69, 9.17) is 16.3 Å². The molecule has 0 spiro atoms. The fourth-order valence-corrected chi connectivity index (χ4v) is 2.96. The van der Waals surface area contributed by atoms with Gasteiger partial charge >= 0.3 is 0 Å². The van der Waals surface area contributed by atoms with Crippen LogP contribution in [0.3, 0.4) is 0 Å². The van der Waals surface area contributed by atoms with Crippen LogP contribution in [0.1, 0.15) is 11.1 Å². The number of rotatable bonds is 7. The molecule has 126 valence electrons. The third-order valence-corrected chi connectivity index (χ3v) is 4.41. The van der Waals surface area contributed by atoms with Crippen molar-refractivity contribution >= 4 is 35.5 Å². The van der Waals surface area contributed by atoms with Gasteiger partial charge in [-0.15, -0.1) is 11.8 Å². The molecular weight excluding hydrogens is 348 g/mol. The van der Waals surface area contributed by atoms with Crippen molar-refractivity contribution in [2.45, 2.75) is 5.75 Å². The van der Waals surface area contributed by atoms with E-state index >= 15 is 0 Å². The van der Waals surface area contributed by atoms with E-state index in [0.29, 0.717) is 22.1 Å². The van der Waals surface area contributed by atoms with E-state index in [2.05, 4.69) is 10.5 Å². The van der Waals surface area contributed by atoms with E-state index < -0.39 is 0 Å². The molecule has 0 aromatic heterocycles. The summed E-state index contributed by atoms with van der Waals surface area (Å²) < 4.78 is 5.00. The number of methoxy groups -OCH3 is 1. The van der Waals surface area contributed by atoms with Crippen molar-refractivity contribution in [2.24, 2.45) is 5.10 Å². The maximum Gasteiger partial charge on any atom is 0.250 e. The van der Waals surface area contributed by atoms with E-state index in [0.717, 1.165) is 5.56 Å². The zero-order chi connectivity index (χ0) is 17.4. The Bertz CT molecular complexity index is 738. The minimum absolute atomic E-state index is 0.0506. The molecule has 0 aliphatic rings. The Labute approximate surface area is 149 Å². The fraction of sp³-hybridized carbons (Fsp3) is 0.176. The number of nitrogens with one attached hydrogen (secondary N) is 1. The van der Waals surface area contributed by atoms with Gasteiger partial charge in [0, 0.05) is 10.8 Å². The average Bonchev–Trinajstić information content (AvgIpc) is 2.58. The molecule has 0 radical (unpaired) electrons. The molecular formula is C17H17ClN2O3S. The molecule has 0 saturated carbocycles. The van der Waals surface area contributed by atoms with Crippen molar-refractivity contribution in [1.29, 1.82) is 0 Å². The first-order valence-corrected chi connectivity index (χ1v) is 8.63. The SMILES string of the molecule is COc1cc(/C=N/NC(=O)CSCc2ccccc2Cl)ccc1O. The molecule has 0 aliphatic heterocycles. The Kier molecular flexibility index (Phi) is 6.96. The number of phenolic OH excluding ortho intramolecular Hbond substituents is 1. The molecule has 0 fully saturated rings. The molecule has 0 bridgehead atoms. The lowest BCUT2D eigenvalue weighted by Gasteiger charge is -2.04. The van der Waals surface area contributed by atoms with Gasteiger partial charge in [0.25, 0.3) is 0 Å². The highest BCUT2D eigenvalue weighted by Gasteiger charge is 2.04. The number of aromatic hydroxyl groups is 1. The maximum atomic E-state index is 11.7. The van der Waals surface area contributed by atoms with E-state index in [-0.39, 0.29) is 17.4 Å². The number of carbonyl (C=O) groups is 1. The summed E-state index contributed by atoms with van der Waals surface area (Å²) in [5, 5.41) is 14.1. The number of halogens is 1. The Hall–Kier alpha value is -2.18. The van der Waals surface area contributed by atoms with Crippen LogP contribution >= 0.6 is 23.4 Å². The molecule has 0 heterocycles. The average molecular weight is 365 g/mol. The number of nitrogens with zero attached hydrogens (tertiary/aromatic N) is 1. The summed E-state index contributed by atoms with van der Waals surface area (Å²) in [5.41, 5.74) is 4.16. The van der Waals surface area contributed by atoms with Crippen LogP contribution < -0.4 is 10.2 Å². The summed E-state index contributed by atoms with van der Waals surface area (Å²) in [5.74, 6) is 1.14. The van der Waals surface area contributed by atoms with Gasteiger partial charge in [-0.1, -0.05) is 29.8 Å². The Morgan fingerprint density at radius 1 is 1.38 bits per heavy atom. The molecule has 2 aromatic carbocycles. The second-order valence-corrected chi connectivity index (χ2v) is 6.20. The second kappa shape index (κ2) is 9.20. The highest BCUT2D eigenvalue weighted by Crippen LogP contribution is 2.25. The number of benzene rings is 2. The minimum Gasteiger partial charge on any atom is -0.504 e. The quantitative estimate of drug-likeness (QED) is 0.583. The lowest BCUT2D eigenvalue weighted by atomic mass is 10.2. The van der Waals surface area contributed by atoms with Crippen LogP contribution in [-0.4, -0.2) is 30.1 Å². The third-order valence-electron chi connectivity index (χ3n) is 3.06. The number of ether oxygens (including phenoxy) is 1. The zero-order valence-electron chi connectivity index (χ0n) is 13.0. The van der Waals surface area contributed by atoms with Crippen LogP contribution in [-0.2, 0) is 10.5 Å². The lowest BCUT2D eigenvalue weighted by Crippen LogP contribution is -2.19. The number of hydrogen-bond acceptors (Lipinski definition) is 5. The molecule has 2 N–H and O–H groups in total. The van der Waals surface area contributed by atoms with Crippen molar-refractivity contribution in [2.75, 3.05) is 12.9 Å². The van der Waals surface area contributed by atoms with E-state index in [9.17, 15) is 9.90 Å². The maximum absolute atomic E-state index is 11.7. The van der Waals surface area contributed by atoms with Crippen molar-refractivity contribution in [3.8, 4) is 11.5 Å². The van der Waals surface area contributed by atoms with E-state index in [1.807, 2.05) is 24.3 Å². The molecule has 7 heteroatoms. The summed E-state index contributed by atoms with van der Waals surface area (Å²) in [7, 11) is 1.47. The van der Waals surface area contributed by atoms with Crippen LogP contribution in [0.4, 0.5) is 0 Å². The summed E-state index contributed by atoms with van der Waals surface area (Å²) in [6, 6.07) is 12.3. The second-order valence-electron chi connectivity index (χ2n) is 4.81. The van der Waals surface area contributed by atoms with Gasteiger partial charge in [-0.3, -0.25) is 4.79 Å². The third kappa shape index (κ3) is 5.47. The van der Waals surface area contributed by atoms with Crippen LogP contribution in [0.25, 0.3) is 0 Å². The standard InChI is InChI=1S/C17H17ClN2O3S/c1-23-16-8-12(6-7-15(16)21)9-19-20-17(22)11-24-10-13-4-2-3-5-14(13)18/h2-9,21H,10-11H2,1H3,(H,20,22)/b19-9+. The molecule has 5 nitrogen and oxygen atoms in total. The highest BCUT2D eigenvalue weighted by molar-refractivity contribution is 7.99. The number of phenols is 1. The molecule has 0 saturated heterocycles. The minimum atomic E-state index is -0.200. The smallest absolute Gasteiger partial charge is 0.250 e. The van der Waals surface area contributed by atoms with Crippen molar-refractivity contribution < 1.29 is 14.6 Å². The van der Waals surface area contributed by atoms with Crippen molar-refractivity contribution in [1.82, 2.24) is 5.43 Å². The van der Waals surface area contributed by atoms with Gasteiger partial charge in [0.2, 0.25) is 5.91 Å². The number of carbonyl (C=O) groups excluding carboxylic acids is 1. The summed E-state index contributed by atoms with van der Waals surface area (Å²) in [6.45, 7) is 0. The first-order chi connectivity index (χ1) is 11.6. The number of thioether (sulfide) groups is 1. The Balaban J connectivity index is 1.77. The zero-order valence-corrected chi connectivity index (χ0v) is 14.6. The molecule has 0 atom stereocenters. The van der Waals surface area contributed by atoms with Crippen molar-refractivity contribution in [3.63, 3.8) is 0 Å². The topological polar surface area (TPSA) is 70.9 Å². The molecule has 2 rings (SSSR count). The van der Waals surface area contributed by atoms with Crippen LogP contribution in [0.15, 0.2) is 47.6 Å². The van der Waals surface area contributed by atoms with Gasteiger partial charge in [-0.05, 0) is 35.4 Å². The van der Waals surface area contributed by atoms with Gasteiger partial charge < -0.3 is 9.84 Å². The summed E-state index contributed by atoms with van der Waals surface area (Å²) >= 11 is 7.52. The van der Waals surface area contributed by atoms with Gasteiger partial charge in [0.15, 0.2) is 11.5 Å². The van der Waals surface area contributed by atoms with Gasteiger partial charge in [0.1, 0.15) is 0 Å². The molecule has 2 aromatic rings. The number of hydrogen-bond donors (Lipinski definition) is 2.